The van der Waals surface area contributed by atoms with Crippen molar-refractivity contribution in [3.05, 3.63) is 29.6 Å². The van der Waals surface area contributed by atoms with Crippen LogP contribution in [-0.2, 0) is 4.74 Å². The summed E-state index contributed by atoms with van der Waals surface area (Å²) >= 11 is 0. The first-order valence-electron chi connectivity index (χ1n) is 5.38. The standard InChI is InChI=1S/C12H11F5O3/c1-19-10-3-2-7(13)4-8(10)9(18)5-20-6-12(16,17)11(14)15/h2-4,11H,5-6H2,1H3. The first-order chi connectivity index (χ1) is 9.27. The third-order valence-corrected chi connectivity index (χ3v) is 2.31. The lowest BCUT2D eigenvalue weighted by Crippen LogP contribution is -2.33. The maximum Gasteiger partial charge on any atom is 0.330 e. The summed E-state index contributed by atoms with van der Waals surface area (Å²) in [5.74, 6) is -5.90. The molecule has 8 heteroatoms. The number of methoxy groups -OCH3 is 1. The van der Waals surface area contributed by atoms with Crippen LogP contribution >= 0.6 is 0 Å². The van der Waals surface area contributed by atoms with Gasteiger partial charge in [0, 0.05) is 0 Å². The number of alkyl halides is 4. The molecule has 0 amide bonds. The number of carbonyl (C=O) groups is 1. The van der Waals surface area contributed by atoms with E-state index in [1.807, 2.05) is 0 Å². The lowest BCUT2D eigenvalue weighted by molar-refractivity contribution is -0.163. The Morgan fingerprint density at radius 3 is 2.55 bits per heavy atom. The lowest BCUT2D eigenvalue weighted by Gasteiger charge is -2.15. The predicted molar refractivity (Wildman–Crippen MR) is 59.1 cm³/mol. The van der Waals surface area contributed by atoms with Gasteiger partial charge in [-0.3, -0.25) is 4.79 Å². The summed E-state index contributed by atoms with van der Waals surface area (Å²) in [5, 5.41) is 0. The third-order valence-electron chi connectivity index (χ3n) is 2.31. The molecule has 0 aliphatic carbocycles. The van der Waals surface area contributed by atoms with Crippen molar-refractivity contribution in [2.45, 2.75) is 12.3 Å². The van der Waals surface area contributed by atoms with Gasteiger partial charge in [-0.05, 0) is 18.2 Å². The number of carbonyl (C=O) groups excluding carboxylic acids is 1. The van der Waals surface area contributed by atoms with Gasteiger partial charge in [-0.15, -0.1) is 0 Å². The minimum Gasteiger partial charge on any atom is -0.496 e. The monoisotopic (exact) mass is 298 g/mol. The molecule has 0 aromatic heterocycles. The first-order valence-corrected chi connectivity index (χ1v) is 5.38. The minimum atomic E-state index is -4.34. The van der Waals surface area contributed by atoms with Gasteiger partial charge < -0.3 is 9.47 Å². The summed E-state index contributed by atoms with van der Waals surface area (Å²) in [4.78, 5) is 11.6. The smallest absolute Gasteiger partial charge is 0.330 e. The van der Waals surface area contributed by atoms with Crippen molar-refractivity contribution in [2.24, 2.45) is 0 Å². The zero-order valence-electron chi connectivity index (χ0n) is 10.3. The topological polar surface area (TPSA) is 35.5 Å². The molecule has 0 aliphatic rings. The molecule has 0 fully saturated rings. The van der Waals surface area contributed by atoms with E-state index in [1.54, 1.807) is 0 Å². The number of benzene rings is 1. The molecule has 20 heavy (non-hydrogen) atoms. The van der Waals surface area contributed by atoms with Crippen molar-refractivity contribution in [1.29, 1.82) is 0 Å². The Balaban J connectivity index is 2.66. The molecule has 0 spiro atoms. The molecule has 0 atom stereocenters. The van der Waals surface area contributed by atoms with Crippen LogP contribution < -0.4 is 4.74 Å². The second kappa shape index (κ2) is 6.65. The van der Waals surface area contributed by atoms with Crippen molar-refractivity contribution >= 4 is 5.78 Å². The fourth-order valence-corrected chi connectivity index (χ4v) is 1.32. The van der Waals surface area contributed by atoms with Crippen molar-refractivity contribution in [3.8, 4) is 5.75 Å². The van der Waals surface area contributed by atoms with Gasteiger partial charge in [-0.1, -0.05) is 0 Å². The highest BCUT2D eigenvalue weighted by atomic mass is 19.3. The Bertz CT molecular complexity index is 476. The summed E-state index contributed by atoms with van der Waals surface area (Å²) < 4.78 is 70.8. The summed E-state index contributed by atoms with van der Waals surface area (Å²) in [6.45, 7) is -2.49. The molecule has 0 aliphatic heterocycles. The highest BCUT2D eigenvalue weighted by Crippen LogP contribution is 2.24. The molecule has 1 rings (SSSR count). The van der Waals surface area contributed by atoms with Crippen molar-refractivity contribution in [1.82, 2.24) is 0 Å². The Labute approximate surface area is 111 Å². The molecule has 0 saturated heterocycles. The highest BCUT2D eigenvalue weighted by molar-refractivity contribution is 5.99. The van der Waals surface area contributed by atoms with Gasteiger partial charge in [0.05, 0.1) is 12.7 Å². The predicted octanol–water partition coefficient (Wildman–Crippen LogP) is 2.93. The van der Waals surface area contributed by atoms with Gasteiger partial charge in [0.2, 0.25) is 0 Å². The second-order valence-electron chi connectivity index (χ2n) is 3.82. The van der Waals surface area contributed by atoms with Crippen LogP contribution in [0, 0.1) is 5.82 Å². The summed E-state index contributed by atoms with van der Waals surface area (Å²) in [7, 11) is 1.23. The fraction of sp³-hybridized carbons (Fsp3) is 0.417. The van der Waals surface area contributed by atoms with Gasteiger partial charge in [-0.2, -0.15) is 8.78 Å². The third kappa shape index (κ3) is 4.16. The van der Waals surface area contributed by atoms with Gasteiger partial charge in [0.15, 0.2) is 5.78 Å². The second-order valence-corrected chi connectivity index (χ2v) is 3.82. The largest absolute Gasteiger partial charge is 0.496 e. The van der Waals surface area contributed by atoms with Gasteiger partial charge >= 0.3 is 12.3 Å². The molecular formula is C12H11F5O3. The molecule has 0 bridgehead atoms. The molecular weight excluding hydrogens is 287 g/mol. The molecule has 112 valence electrons. The van der Waals surface area contributed by atoms with E-state index in [9.17, 15) is 26.7 Å². The molecule has 0 saturated carbocycles. The maximum atomic E-state index is 13.0. The van der Waals surface area contributed by atoms with Crippen LogP contribution in [-0.4, -0.2) is 38.5 Å². The number of ketones is 1. The van der Waals surface area contributed by atoms with E-state index in [4.69, 9.17) is 4.74 Å². The van der Waals surface area contributed by atoms with Gasteiger partial charge in [0.1, 0.15) is 24.8 Å². The zero-order chi connectivity index (χ0) is 15.3. The molecule has 0 heterocycles. The van der Waals surface area contributed by atoms with E-state index in [0.717, 1.165) is 12.1 Å². The number of halogens is 5. The summed E-state index contributed by atoms with van der Waals surface area (Å²) in [6, 6.07) is 3.06. The Kier molecular flexibility index (Phi) is 5.43. The average Bonchev–Trinajstić information content (AvgIpc) is 2.38. The van der Waals surface area contributed by atoms with Crippen molar-refractivity contribution in [3.63, 3.8) is 0 Å². The van der Waals surface area contributed by atoms with E-state index < -0.39 is 37.2 Å². The van der Waals surface area contributed by atoms with E-state index in [2.05, 4.69) is 4.74 Å². The van der Waals surface area contributed by atoms with Crippen LogP contribution in [0.4, 0.5) is 22.0 Å². The van der Waals surface area contributed by atoms with Crippen LogP contribution in [0.25, 0.3) is 0 Å². The van der Waals surface area contributed by atoms with Gasteiger partial charge in [0.25, 0.3) is 0 Å². The molecule has 0 N–H and O–H groups in total. The van der Waals surface area contributed by atoms with Crippen LogP contribution in [0.15, 0.2) is 18.2 Å². The molecule has 0 unspecified atom stereocenters. The van der Waals surface area contributed by atoms with Crippen molar-refractivity contribution in [2.75, 3.05) is 20.3 Å². The van der Waals surface area contributed by atoms with E-state index in [0.29, 0.717) is 0 Å². The van der Waals surface area contributed by atoms with E-state index in [-0.39, 0.29) is 11.3 Å². The fourth-order valence-electron chi connectivity index (χ4n) is 1.32. The van der Waals surface area contributed by atoms with Crippen molar-refractivity contribution < 1.29 is 36.2 Å². The van der Waals surface area contributed by atoms with E-state index in [1.165, 1.54) is 13.2 Å². The molecule has 3 nitrogen and oxygen atoms in total. The quantitative estimate of drug-likeness (QED) is 0.573. The molecule has 0 radical (unpaired) electrons. The summed E-state index contributed by atoms with van der Waals surface area (Å²) in [5.41, 5.74) is -0.215. The Hall–Kier alpha value is -1.70. The number of ether oxygens (including phenoxy) is 2. The number of rotatable bonds is 7. The summed E-state index contributed by atoms with van der Waals surface area (Å²) in [6.07, 6.45) is -3.89. The molecule has 1 aromatic rings. The van der Waals surface area contributed by atoms with E-state index >= 15 is 0 Å². The average molecular weight is 298 g/mol. The van der Waals surface area contributed by atoms with Crippen LogP contribution in [0.2, 0.25) is 0 Å². The molecule has 1 aromatic carbocycles. The Morgan fingerprint density at radius 1 is 1.35 bits per heavy atom. The zero-order valence-corrected chi connectivity index (χ0v) is 10.3. The Morgan fingerprint density at radius 2 is 2.00 bits per heavy atom. The van der Waals surface area contributed by atoms with Gasteiger partial charge in [-0.25, -0.2) is 13.2 Å². The van der Waals surface area contributed by atoms with Crippen LogP contribution in [0.3, 0.4) is 0 Å². The normalized spacial score (nSPS) is 11.8. The lowest BCUT2D eigenvalue weighted by atomic mass is 10.1. The minimum absolute atomic E-state index is 0.0284. The SMILES string of the molecule is COc1ccc(F)cc1C(=O)COCC(F)(F)C(F)F. The first kappa shape index (κ1) is 16.4. The van der Waals surface area contributed by atoms with Crippen LogP contribution in [0.1, 0.15) is 10.4 Å². The maximum absolute atomic E-state index is 13.0. The highest BCUT2D eigenvalue weighted by Gasteiger charge is 2.41. The number of Topliss-reactive ketones (excluding diaryl/α,β-unsaturated/α-hetero) is 1. The number of hydrogen-bond acceptors (Lipinski definition) is 3. The van der Waals surface area contributed by atoms with Crippen LogP contribution in [0.5, 0.6) is 5.75 Å². The number of hydrogen-bond donors (Lipinski definition) is 0.